The maximum Gasteiger partial charge on any atom is 0.491 e. The molecule has 12 heteroatoms. The fraction of sp³-hybridized carbons (Fsp3) is 0.444. The number of aryl methyl sites for hydroxylation is 1. The van der Waals surface area contributed by atoms with Crippen molar-refractivity contribution >= 4 is 16.9 Å². The van der Waals surface area contributed by atoms with Gasteiger partial charge in [-0.15, -0.1) is 0 Å². The number of piperidine rings is 1. The molecular weight excluding hydrogens is 410 g/mol. The molecule has 1 aliphatic heterocycles. The first-order chi connectivity index (χ1) is 14.3. The quantitative estimate of drug-likeness (QED) is 0.389. The van der Waals surface area contributed by atoms with Gasteiger partial charge < -0.3 is 14.6 Å². The molecule has 0 radical (unpaired) electrons. The molecule has 2 aromatic heterocycles. The summed E-state index contributed by atoms with van der Waals surface area (Å²) in [6.07, 6.45) is -3.36. The molecule has 1 aromatic carbocycles. The van der Waals surface area contributed by atoms with Crippen LogP contribution in [0.1, 0.15) is 37.3 Å². The summed E-state index contributed by atoms with van der Waals surface area (Å²) in [5.41, 5.74) is 0.0275. The summed E-state index contributed by atoms with van der Waals surface area (Å²) in [5, 5.41) is 11.3. The van der Waals surface area contributed by atoms with Crippen molar-refractivity contribution in [1.29, 1.82) is 0 Å². The highest BCUT2D eigenvalue weighted by molar-refractivity contribution is 5.92. The molecule has 3 heterocycles. The van der Waals surface area contributed by atoms with Crippen molar-refractivity contribution < 1.29 is 31.6 Å². The zero-order valence-electron chi connectivity index (χ0n) is 15.8. The predicted octanol–water partition coefficient (Wildman–Crippen LogP) is 3.04. The molecule has 4 rings (SSSR count). The molecule has 8 nitrogen and oxygen atoms in total. The molecule has 0 atom stereocenters. The van der Waals surface area contributed by atoms with Gasteiger partial charge in [0.25, 0.3) is 5.95 Å². The van der Waals surface area contributed by atoms with E-state index in [1.54, 1.807) is 6.92 Å². The van der Waals surface area contributed by atoms with Crippen LogP contribution in [-0.2, 0) is 11.2 Å². The van der Waals surface area contributed by atoms with E-state index in [1.807, 2.05) is 0 Å². The number of esters is 1. The topological polar surface area (TPSA) is 95.1 Å². The molecule has 0 spiro atoms. The molecule has 0 bridgehead atoms. The third-order valence-corrected chi connectivity index (χ3v) is 4.89. The number of carbonyl (C=O) groups excluding carboxylic acids is 1. The van der Waals surface area contributed by atoms with Crippen molar-refractivity contribution in [1.82, 2.24) is 25.2 Å². The van der Waals surface area contributed by atoms with Gasteiger partial charge in [-0.1, -0.05) is 6.92 Å². The van der Waals surface area contributed by atoms with Gasteiger partial charge in [-0.25, -0.2) is 9.18 Å². The average molecular weight is 427 g/mol. The Bertz CT molecular complexity index is 1090. The fourth-order valence-corrected chi connectivity index (χ4v) is 3.44. The van der Waals surface area contributed by atoms with E-state index in [2.05, 4.69) is 25.3 Å². The number of ether oxygens (including phenoxy) is 1. The largest absolute Gasteiger partial charge is 0.491 e. The summed E-state index contributed by atoms with van der Waals surface area (Å²) in [6.45, 7) is 3.29. The van der Waals surface area contributed by atoms with Crippen LogP contribution >= 0.6 is 0 Å². The first kappa shape index (κ1) is 20.3. The van der Waals surface area contributed by atoms with Crippen LogP contribution in [0.4, 0.5) is 17.6 Å². The molecule has 1 N–H and O–H groups in total. The number of carbonyl (C=O) groups is 1. The third kappa shape index (κ3) is 3.62. The first-order valence-electron chi connectivity index (χ1n) is 9.33. The number of rotatable bonds is 4. The molecule has 1 fully saturated rings. The average Bonchev–Trinajstić information content (AvgIpc) is 3.35. The second-order valence-electron chi connectivity index (χ2n) is 6.83. The number of benzene rings is 1. The number of fused-ring (bicyclic) bond motifs is 1. The van der Waals surface area contributed by atoms with Gasteiger partial charge in [-0.3, -0.25) is 0 Å². The van der Waals surface area contributed by atoms with E-state index < -0.39 is 23.7 Å². The molecule has 0 amide bonds. The minimum absolute atomic E-state index is 0.0492. The number of aromatic nitrogens is 4. The monoisotopic (exact) mass is 427 g/mol. The number of nitrogens with zero attached hydrogens (tertiary/aromatic N) is 4. The number of alkyl halides is 3. The summed E-state index contributed by atoms with van der Waals surface area (Å²) >= 11 is 0. The Morgan fingerprint density at radius 1 is 1.33 bits per heavy atom. The van der Waals surface area contributed by atoms with E-state index in [-0.39, 0.29) is 34.9 Å². The SMILES string of the molecule is CCc1nn(-c2noc(C3CCNCC3)n2)c2c(F)ccc(OC(=O)C(F)(F)F)c12. The Morgan fingerprint density at radius 2 is 2.07 bits per heavy atom. The van der Waals surface area contributed by atoms with Gasteiger partial charge in [0, 0.05) is 5.92 Å². The zero-order chi connectivity index (χ0) is 21.5. The van der Waals surface area contributed by atoms with E-state index in [9.17, 15) is 22.4 Å². The Balaban J connectivity index is 1.79. The molecule has 3 aromatic rings. The number of hydrogen-bond acceptors (Lipinski definition) is 7. The second-order valence-corrected chi connectivity index (χ2v) is 6.83. The van der Waals surface area contributed by atoms with Gasteiger partial charge in [0.05, 0.1) is 11.1 Å². The van der Waals surface area contributed by atoms with Crippen molar-refractivity contribution in [3.05, 3.63) is 29.5 Å². The maximum absolute atomic E-state index is 14.7. The molecule has 0 saturated carbocycles. The minimum Gasteiger partial charge on any atom is -0.419 e. The lowest BCUT2D eigenvalue weighted by Gasteiger charge is -2.18. The number of nitrogens with one attached hydrogen (secondary N) is 1. The van der Waals surface area contributed by atoms with Crippen LogP contribution in [0.25, 0.3) is 16.9 Å². The van der Waals surface area contributed by atoms with E-state index in [0.29, 0.717) is 5.89 Å². The van der Waals surface area contributed by atoms with Gasteiger partial charge in [-0.05, 0) is 49.6 Å². The third-order valence-electron chi connectivity index (χ3n) is 4.89. The number of hydrogen-bond donors (Lipinski definition) is 1. The Hall–Kier alpha value is -3.02. The van der Waals surface area contributed by atoms with Crippen molar-refractivity contribution in [2.45, 2.75) is 38.3 Å². The highest BCUT2D eigenvalue weighted by Crippen LogP contribution is 2.34. The molecule has 0 unspecified atom stereocenters. The Morgan fingerprint density at radius 3 is 2.73 bits per heavy atom. The van der Waals surface area contributed by atoms with Crippen LogP contribution in [0, 0.1) is 5.82 Å². The highest BCUT2D eigenvalue weighted by Gasteiger charge is 2.42. The van der Waals surface area contributed by atoms with Crippen molar-refractivity contribution in [3.8, 4) is 11.7 Å². The van der Waals surface area contributed by atoms with E-state index in [0.717, 1.165) is 42.7 Å². The lowest BCUT2D eigenvalue weighted by molar-refractivity contribution is -0.189. The minimum atomic E-state index is -5.19. The summed E-state index contributed by atoms with van der Waals surface area (Å²) in [7, 11) is 0. The van der Waals surface area contributed by atoms with Crippen LogP contribution in [0.5, 0.6) is 5.75 Å². The summed E-state index contributed by atoms with van der Waals surface area (Å²) < 4.78 is 63.5. The molecule has 1 saturated heterocycles. The molecule has 1 aliphatic rings. The summed E-state index contributed by atoms with van der Waals surface area (Å²) in [4.78, 5) is 15.6. The normalized spacial score (nSPS) is 15.6. The van der Waals surface area contributed by atoms with Crippen molar-refractivity contribution in [2.75, 3.05) is 13.1 Å². The van der Waals surface area contributed by atoms with Crippen LogP contribution < -0.4 is 10.1 Å². The lowest BCUT2D eigenvalue weighted by Crippen LogP contribution is -2.28. The zero-order valence-corrected chi connectivity index (χ0v) is 15.8. The predicted molar refractivity (Wildman–Crippen MR) is 94.8 cm³/mol. The van der Waals surface area contributed by atoms with Gasteiger partial charge in [0.1, 0.15) is 17.1 Å². The van der Waals surface area contributed by atoms with Crippen LogP contribution in [0.2, 0.25) is 0 Å². The van der Waals surface area contributed by atoms with Gasteiger partial charge in [0.15, 0.2) is 0 Å². The second kappa shape index (κ2) is 7.67. The molecule has 0 aliphatic carbocycles. The molecule has 160 valence electrons. The van der Waals surface area contributed by atoms with Gasteiger partial charge in [0.2, 0.25) is 5.89 Å². The Labute approximate surface area is 167 Å². The van der Waals surface area contributed by atoms with Gasteiger partial charge in [-0.2, -0.15) is 27.9 Å². The maximum atomic E-state index is 14.7. The Kier molecular flexibility index (Phi) is 5.18. The van der Waals surface area contributed by atoms with Gasteiger partial charge >= 0.3 is 12.1 Å². The van der Waals surface area contributed by atoms with Crippen molar-refractivity contribution in [3.63, 3.8) is 0 Å². The van der Waals surface area contributed by atoms with Crippen LogP contribution in [0.15, 0.2) is 16.7 Å². The smallest absolute Gasteiger partial charge is 0.419 e. The van der Waals surface area contributed by atoms with E-state index in [4.69, 9.17) is 4.52 Å². The van der Waals surface area contributed by atoms with Crippen LogP contribution in [0.3, 0.4) is 0 Å². The van der Waals surface area contributed by atoms with Crippen LogP contribution in [-0.4, -0.2) is 45.2 Å². The number of halogens is 4. The highest BCUT2D eigenvalue weighted by atomic mass is 19.4. The van der Waals surface area contributed by atoms with E-state index in [1.165, 1.54) is 0 Å². The van der Waals surface area contributed by atoms with Crippen molar-refractivity contribution in [2.24, 2.45) is 0 Å². The first-order valence-corrected chi connectivity index (χ1v) is 9.33. The summed E-state index contributed by atoms with van der Waals surface area (Å²) in [5.74, 6) is -3.25. The molecular formula is C18H17F4N5O3. The molecule has 30 heavy (non-hydrogen) atoms. The lowest BCUT2D eigenvalue weighted by atomic mass is 9.98. The standard InChI is InChI=1S/C18H17F4N5O3/c1-2-11-13-12(29-16(28)18(20,21)22)4-3-10(19)14(13)27(25-11)17-24-15(30-26-17)9-5-7-23-8-6-9/h3-4,9,23H,2,5-8H2,1H3. The van der Waals surface area contributed by atoms with E-state index >= 15 is 0 Å². The summed E-state index contributed by atoms with van der Waals surface area (Å²) in [6, 6.07) is 1.86. The fourth-order valence-electron chi connectivity index (χ4n) is 3.44.